The minimum atomic E-state index is -3.93. The number of sulfonamides is 1. The molecule has 0 saturated carbocycles. The van der Waals surface area contributed by atoms with E-state index in [0.29, 0.717) is 42.7 Å². The number of hydrogen-bond donors (Lipinski definition) is 3. The van der Waals surface area contributed by atoms with Gasteiger partial charge in [0.15, 0.2) is 9.84 Å². The summed E-state index contributed by atoms with van der Waals surface area (Å²) in [6.45, 7) is 2.47. The third kappa shape index (κ3) is 4.25. The first kappa shape index (κ1) is 20.8. The molecule has 0 amide bonds. The Kier molecular flexibility index (Phi) is 7.03. The molecule has 0 fully saturated rings. The first-order valence-corrected chi connectivity index (χ1v) is 10.9. The molecule has 0 saturated heterocycles. The van der Waals surface area contributed by atoms with Gasteiger partial charge in [-0.05, 0) is 31.9 Å². The Morgan fingerprint density at radius 1 is 1.48 bits per heavy atom. The summed E-state index contributed by atoms with van der Waals surface area (Å²) in [6.07, 6.45) is 1.11. The molecule has 2 unspecified atom stereocenters. The third-order valence-corrected chi connectivity index (χ3v) is 9.06. The van der Waals surface area contributed by atoms with Crippen LogP contribution in [0.5, 0.6) is 0 Å². The van der Waals surface area contributed by atoms with Crippen LogP contribution in [-0.2, 0) is 19.9 Å². The van der Waals surface area contributed by atoms with Crippen molar-refractivity contribution >= 4 is 43.6 Å². The highest BCUT2D eigenvalue weighted by molar-refractivity contribution is 7.95. The van der Waals surface area contributed by atoms with Gasteiger partial charge in [0.25, 0.3) is 0 Å². The Labute approximate surface area is 146 Å². The third-order valence-electron chi connectivity index (χ3n) is 3.69. The molecule has 0 spiro atoms. The van der Waals surface area contributed by atoms with Gasteiger partial charge in [-0.25, -0.2) is 22.0 Å². The lowest BCUT2D eigenvalue weighted by Gasteiger charge is -2.29. The number of fused-ring (bicyclic) bond motifs is 1. The number of hydrogen-bond acceptors (Lipinski definition) is 7. The fourth-order valence-electron chi connectivity index (χ4n) is 2.67. The van der Waals surface area contributed by atoms with E-state index in [1.807, 2.05) is 6.92 Å². The summed E-state index contributed by atoms with van der Waals surface area (Å²) < 4.78 is 48.3. The molecular formula is C12H21ClN2O5S3. The van der Waals surface area contributed by atoms with Gasteiger partial charge in [-0.15, -0.1) is 23.7 Å². The molecular weight excluding hydrogens is 384 g/mol. The fourth-order valence-corrected chi connectivity index (χ4v) is 7.42. The number of rotatable bonds is 6. The quantitative estimate of drug-likeness (QED) is 0.643. The number of nitrogens with two attached hydrogens (primary N) is 1. The van der Waals surface area contributed by atoms with Crippen molar-refractivity contribution in [3.63, 3.8) is 0 Å². The van der Waals surface area contributed by atoms with Gasteiger partial charge in [-0.2, -0.15) is 0 Å². The molecule has 1 aromatic rings. The van der Waals surface area contributed by atoms with Crippen LogP contribution in [0.25, 0.3) is 0 Å². The molecule has 2 rings (SSSR count). The van der Waals surface area contributed by atoms with Crippen molar-refractivity contribution in [2.24, 2.45) is 5.14 Å². The molecule has 2 heterocycles. The molecule has 2 atom stereocenters. The summed E-state index contributed by atoms with van der Waals surface area (Å²) in [5, 5.41) is 16.6. The van der Waals surface area contributed by atoms with E-state index in [1.165, 1.54) is 6.07 Å². The average molecular weight is 405 g/mol. The molecule has 7 nitrogen and oxygen atoms in total. The highest BCUT2D eigenvalue weighted by atomic mass is 35.5. The van der Waals surface area contributed by atoms with E-state index in [0.717, 1.165) is 0 Å². The second-order valence-corrected chi connectivity index (χ2v) is 10.5. The molecule has 0 aliphatic carbocycles. The van der Waals surface area contributed by atoms with Crippen LogP contribution in [0.1, 0.15) is 37.8 Å². The van der Waals surface area contributed by atoms with E-state index >= 15 is 0 Å². The number of aliphatic hydroxyl groups is 1. The van der Waals surface area contributed by atoms with Gasteiger partial charge < -0.3 is 10.4 Å². The predicted octanol–water partition coefficient (Wildman–Crippen LogP) is 0.786. The van der Waals surface area contributed by atoms with Crippen molar-refractivity contribution in [2.45, 2.75) is 45.9 Å². The monoisotopic (exact) mass is 404 g/mol. The fraction of sp³-hybridized carbons (Fsp3) is 0.667. The van der Waals surface area contributed by atoms with Crippen LogP contribution >= 0.6 is 23.7 Å². The smallest absolute Gasteiger partial charge is 0.247 e. The SMILES string of the molecule is CCNC1CC(CCCO)S(=O)(=O)c2sc(S(N)(=O)=O)cc21.Cl. The average Bonchev–Trinajstić information content (AvgIpc) is 2.87. The molecule has 0 radical (unpaired) electrons. The number of primary sulfonamides is 1. The number of nitrogens with one attached hydrogen (secondary N) is 1. The van der Waals surface area contributed by atoms with E-state index in [-0.39, 0.29) is 33.5 Å². The standard InChI is InChI=1S/C12H20N2O5S3.ClH/c1-2-14-10-6-8(4-3-5-15)21(16,17)12-9(10)7-11(20-12)22(13,18)19;/h7-8,10,14-15H,2-6H2,1H3,(H2,13,18,19);1H. The predicted molar refractivity (Wildman–Crippen MR) is 91.3 cm³/mol. The van der Waals surface area contributed by atoms with Gasteiger partial charge in [-0.3, -0.25) is 0 Å². The highest BCUT2D eigenvalue weighted by Crippen LogP contribution is 2.43. The molecule has 1 aliphatic heterocycles. The summed E-state index contributed by atoms with van der Waals surface area (Å²) in [7, 11) is -7.53. The van der Waals surface area contributed by atoms with E-state index in [9.17, 15) is 16.8 Å². The zero-order chi connectivity index (χ0) is 16.5. The zero-order valence-corrected chi connectivity index (χ0v) is 15.8. The van der Waals surface area contributed by atoms with Crippen LogP contribution in [0.2, 0.25) is 0 Å². The molecule has 1 aromatic heterocycles. The van der Waals surface area contributed by atoms with Crippen molar-refractivity contribution in [1.82, 2.24) is 5.32 Å². The van der Waals surface area contributed by atoms with Crippen molar-refractivity contribution in [1.29, 1.82) is 0 Å². The lowest BCUT2D eigenvalue weighted by atomic mass is 10.0. The van der Waals surface area contributed by atoms with E-state index < -0.39 is 25.1 Å². The zero-order valence-electron chi connectivity index (χ0n) is 12.6. The Hall–Kier alpha value is -0.230. The summed E-state index contributed by atoms with van der Waals surface area (Å²) >= 11 is 0.713. The van der Waals surface area contributed by atoms with Crippen molar-refractivity contribution in [3.8, 4) is 0 Å². The lowest BCUT2D eigenvalue weighted by molar-refractivity contribution is 0.281. The molecule has 134 valence electrons. The van der Waals surface area contributed by atoms with E-state index in [4.69, 9.17) is 10.2 Å². The Balaban J connectivity index is 0.00000264. The first-order chi connectivity index (χ1) is 10.2. The lowest BCUT2D eigenvalue weighted by Crippen LogP contribution is -2.35. The van der Waals surface area contributed by atoms with Gasteiger partial charge in [0, 0.05) is 18.2 Å². The molecule has 0 bridgehead atoms. The molecule has 4 N–H and O–H groups in total. The Morgan fingerprint density at radius 2 is 2.13 bits per heavy atom. The summed E-state index contributed by atoms with van der Waals surface area (Å²) in [4.78, 5) is 0. The van der Waals surface area contributed by atoms with Crippen molar-refractivity contribution < 1.29 is 21.9 Å². The minimum Gasteiger partial charge on any atom is -0.396 e. The Morgan fingerprint density at radius 3 is 2.65 bits per heavy atom. The summed E-state index contributed by atoms with van der Waals surface area (Å²) in [5.74, 6) is 0. The molecule has 11 heteroatoms. The molecule has 23 heavy (non-hydrogen) atoms. The number of aliphatic hydroxyl groups excluding tert-OH is 1. The van der Waals surface area contributed by atoms with Crippen molar-refractivity contribution in [2.75, 3.05) is 13.2 Å². The van der Waals surface area contributed by atoms with E-state index in [2.05, 4.69) is 5.32 Å². The number of thiophene rings is 1. The van der Waals surface area contributed by atoms with Crippen LogP contribution < -0.4 is 10.5 Å². The molecule has 1 aliphatic rings. The number of sulfone groups is 1. The van der Waals surface area contributed by atoms with Crippen LogP contribution in [0.3, 0.4) is 0 Å². The maximum absolute atomic E-state index is 12.7. The molecule has 0 aromatic carbocycles. The number of halogens is 1. The van der Waals surface area contributed by atoms with Crippen LogP contribution in [0.4, 0.5) is 0 Å². The van der Waals surface area contributed by atoms with E-state index in [1.54, 1.807) is 0 Å². The normalized spacial score (nSPS) is 23.1. The second kappa shape index (κ2) is 7.77. The summed E-state index contributed by atoms with van der Waals surface area (Å²) in [5.41, 5.74) is 0.483. The van der Waals surface area contributed by atoms with Gasteiger partial charge in [0.2, 0.25) is 10.0 Å². The maximum atomic E-state index is 12.7. The first-order valence-electron chi connectivity index (χ1n) is 6.96. The Bertz CT molecular complexity index is 745. The van der Waals surface area contributed by atoms with Crippen LogP contribution in [-0.4, -0.2) is 40.3 Å². The van der Waals surface area contributed by atoms with Crippen LogP contribution in [0.15, 0.2) is 14.5 Å². The largest absolute Gasteiger partial charge is 0.396 e. The van der Waals surface area contributed by atoms with Crippen LogP contribution in [0, 0.1) is 0 Å². The van der Waals surface area contributed by atoms with Gasteiger partial charge >= 0.3 is 0 Å². The highest BCUT2D eigenvalue weighted by Gasteiger charge is 2.40. The minimum absolute atomic E-state index is 0. The van der Waals surface area contributed by atoms with Crippen molar-refractivity contribution in [3.05, 3.63) is 11.6 Å². The summed E-state index contributed by atoms with van der Waals surface area (Å²) in [6, 6.07) is 1.14. The second-order valence-electron chi connectivity index (χ2n) is 5.23. The topological polar surface area (TPSA) is 127 Å². The van der Waals surface area contributed by atoms with Gasteiger partial charge in [0.1, 0.15) is 8.42 Å². The maximum Gasteiger partial charge on any atom is 0.247 e. The van der Waals surface area contributed by atoms with Gasteiger partial charge in [0.05, 0.1) is 5.25 Å². The van der Waals surface area contributed by atoms with Gasteiger partial charge in [-0.1, -0.05) is 6.92 Å².